The van der Waals surface area contributed by atoms with Crippen LogP contribution in [-0.2, 0) is 4.74 Å². The van der Waals surface area contributed by atoms with E-state index in [0.29, 0.717) is 12.0 Å². The van der Waals surface area contributed by atoms with Crippen LogP contribution in [0.1, 0.15) is 20.3 Å². The summed E-state index contributed by atoms with van der Waals surface area (Å²) in [5.74, 6) is 0.644. The molecule has 1 saturated heterocycles. The second-order valence-electron chi connectivity index (χ2n) is 2.45. The van der Waals surface area contributed by atoms with Crippen molar-refractivity contribution < 1.29 is 4.74 Å². The van der Waals surface area contributed by atoms with Gasteiger partial charge in [0.1, 0.15) is 12.3 Å². The Morgan fingerprint density at radius 3 is 2.38 bits per heavy atom. The maximum atomic E-state index is 5.42. The Hall–Kier alpha value is -0.0800. The van der Waals surface area contributed by atoms with Gasteiger partial charge in [0.05, 0.1) is 0 Å². The van der Waals surface area contributed by atoms with Gasteiger partial charge in [0.15, 0.2) is 0 Å². The number of epoxide rings is 1. The fourth-order valence-corrected chi connectivity index (χ4v) is 0.826. The average molecular weight is 115 g/mol. The Morgan fingerprint density at radius 1 is 1.75 bits per heavy atom. The van der Waals surface area contributed by atoms with Crippen LogP contribution in [-0.4, -0.2) is 12.3 Å². The zero-order valence-corrected chi connectivity index (χ0v) is 5.42. The van der Waals surface area contributed by atoms with Gasteiger partial charge in [-0.2, -0.15) is 0 Å². The molecular formula is C6H13NO. The van der Waals surface area contributed by atoms with E-state index in [2.05, 4.69) is 13.8 Å². The van der Waals surface area contributed by atoms with Crippen LogP contribution in [0.15, 0.2) is 0 Å². The summed E-state index contributed by atoms with van der Waals surface area (Å²) in [4.78, 5) is 0. The van der Waals surface area contributed by atoms with E-state index in [4.69, 9.17) is 10.5 Å². The topological polar surface area (TPSA) is 38.5 Å². The molecule has 2 nitrogen and oxygen atoms in total. The zero-order chi connectivity index (χ0) is 6.15. The summed E-state index contributed by atoms with van der Waals surface area (Å²) in [6.07, 6.45) is 1.57. The highest BCUT2D eigenvalue weighted by atomic mass is 16.6. The first-order valence-corrected chi connectivity index (χ1v) is 3.16. The summed E-state index contributed by atoms with van der Waals surface area (Å²) in [6, 6.07) is 0. The highest BCUT2D eigenvalue weighted by Gasteiger charge is 2.38. The fraction of sp³-hybridized carbons (Fsp3) is 1.00. The standard InChI is InChI=1S/C6H13NO/c1-3-4(2)5-6(7)8-5/h4-6H,3,7H2,1-2H3. The van der Waals surface area contributed by atoms with Crippen molar-refractivity contribution in [3.8, 4) is 0 Å². The molecule has 2 heteroatoms. The third-order valence-corrected chi connectivity index (χ3v) is 1.77. The summed E-state index contributed by atoms with van der Waals surface area (Å²) in [7, 11) is 0. The van der Waals surface area contributed by atoms with Crippen molar-refractivity contribution in [2.45, 2.75) is 32.6 Å². The molecule has 1 fully saturated rings. The molecule has 3 unspecified atom stereocenters. The van der Waals surface area contributed by atoms with Crippen LogP contribution >= 0.6 is 0 Å². The van der Waals surface area contributed by atoms with Gasteiger partial charge in [0.2, 0.25) is 0 Å². The van der Waals surface area contributed by atoms with E-state index in [9.17, 15) is 0 Å². The van der Waals surface area contributed by atoms with Gasteiger partial charge in [0.25, 0.3) is 0 Å². The molecule has 3 atom stereocenters. The van der Waals surface area contributed by atoms with Gasteiger partial charge in [-0.15, -0.1) is 0 Å². The number of rotatable bonds is 2. The molecule has 0 amide bonds. The third kappa shape index (κ3) is 1.01. The predicted molar refractivity (Wildman–Crippen MR) is 32.3 cm³/mol. The molecule has 0 spiro atoms. The molecule has 0 saturated carbocycles. The van der Waals surface area contributed by atoms with Gasteiger partial charge in [-0.05, 0) is 5.92 Å². The maximum Gasteiger partial charge on any atom is 0.133 e. The minimum Gasteiger partial charge on any atom is -0.353 e. The summed E-state index contributed by atoms with van der Waals surface area (Å²) >= 11 is 0. The van der Waals surface area contributed by atoms with Crippen LogP contribution < -0.4 is 5.73 Å². The Morgan fingerprint density at radius 2 is 2.25 bits per heavy atom. The zero-order valence-electron chi connectivity index (χ0n) is 5.42. The highest BCUT2D eigenvalue weighted by molar-refractivity contribution is 4.82. The van der Waals surface area contributed by atoms with E-state index < -0.39 is 0 Å². The van der Waals surface area contributed by atoms with Crippen molar-refractivity contribution in [2.75, 3.05) is 0 Å². The molecule has 0 radical (unpaired) electrons. The maximum absolute atomic E-state index is 5.42. The summed E-state index contributed by atoms with van der Waals surface area (Å²) in [5, 5.41) is 0. The first-order valence-electron chi connectivity index (χ1n) is 3.16. The van der Waals surface area contributed by atoms with Gasteiger partial charge in [-0.25, -0.2) is 0 Å². The molecule has 0 bridgehead atoms. The van der Waals surface area contributed by atoms with Crippen molar-refractivity contribution in [1.29, 1.82) is 0 Å². The lowest BCUT2D eigenvalue weighted by atomic mass is 10.1. The normalized spacial score (nSPS) is 39.4. The first kappa shape index (κ1) is 6.05. The molecule has 8 heavy (non-hydrogen) atoms. The van der Waals surface area contributed by atoms with E-state index in [1.807, 2.05) is 0 Å². The summed E-state index contributed by atoms with van der Waals surface area (Å²) in [5.41, 5.74) is 5.42. The molecule has 0 aromatic heterocycles. The van der Waals surface area contributed by atoms with Gasteiger partial charge >= 0.3 is 0 Å². The molecular weight excluding hydrogens is 102 g/mol. The molecule has 0 aromatic rings. The van der Waals surface area contributed by atoms with Crippen LogP contribution in [0.2, 0.25) is 0 Å². The summed E-state index contributed by atoms with van der Waals surface area (Å²) < 4.78 is 5.05. The van der Waals surface area contributed by atoms with Crippen LogP contribution in [0.3, 0.4) is 0 Å². The summed E-state index contributed by atoms with van der Waals surface area (Å²) in [6.45, 7) is 4.32. The van der Waals surface area contributed by atoms with Crippen LogP contribution in [0.5, 0.6) is 0 Å². The largest absolute Gasteiger partial charge is 0.353 e. The number of hydrogen-bond acceptors (Lipinski definition) is 2. The Labute approximate surface area is 50.0 Å². The molecule has 1 heterocycles. The predicted octanol–water partition coefficient (Wildman–Crippen LogP) is 0.716. The molecule has 1 aliphatic rings. The Bertz CT molecular complexity index is 82.6. The molecule has 2 N–H and O–H groups in total. The molecule has 0 aliphatic carbocycles. The smallest absolute Gasteiger partial charge is 0.133 e. The monoisotopic (exact) mass is 115 g/mol. The van der Waals surface area contributed by atoms with Crippen molar-refractivity contribution in [3.63, 3.8) is 0 Å². The lowest BCUT2D eigenvalue weighted by Crippen LogP contribution is -2.11. The molecule has 1 rings (SSSR count). The Balaban J connectivity index is 2.18. The third-order valence-electron chi connectivity index (χ3n) is 1.77. The molecule has 0 aromatic carbocycles. The van der Waals surface area contributed by atoms with Crippen molar-refractivity contribution in [3.05, 3.63) is 0 Å². The molecule has 1 aliphatic heterocycles. The van der Waals surface area contributed by atoms with Gasteiger partial charge in [-0.1, -0.05) is 20.3 Å². The lowest BCUT2D eigenvalue weighted by Gasteiger charge is -1.99. The Kier molecular flexibility index (Phi) is 1.54. The van der Waals surface area contributed by atoms with E-state index in [0.717, 1.165) is 0 Å². The SMILES string of the molecule is CCC(C)C1OC1N. The van der Waals surface area contributed by atoms with Crippen molar-refractivity contribution in [1.82, 2.24) is 0 Å². The number of ether oxygens (including phenoxy) is 1. The van der Waals surface area contributed by atoms with Gasteiger partial charge < -0.3 is 10.5 Å². The minimum atomic E-state index is 0.0462. The second-order valence-corrected chi connectivity index (χ2v) is 2.45. The number of hydrogen-bond donors (Lipinski definition) is 1. The van der Waals surface area contributed by atoms with E-state index in [1.54, 1.807) is 0 Å². The van der Waals surface area contributed by atoms with E-state index >= 15 is 0 Å². The van der Waals surface area contributed by atoms with Crippen LogP contribution in [0, 0.1) is 5.92 Å². The first-order chi connectivity index (χ1) is 3.75. The van der Waals surface area contributed by atoms with Crippen molar-refractivity contribution in [2.24, 2.45) is 11.7 Å². The van der Waals surface area contributed by atoms with Crippen LogP contribution in [0.4, 0.5) is 0 Å². The average Bonchev–Trinajstić information content (AvgIpc) is 2.45. The number of nitrogens with two attached hydrogens (primary N) is 1. The van der Waals surface area contributed by atoms with E-state index in [-0.39, 0.29) is 6.23 Å². The quantitative estimate of drug-likeness (QED) is 0.538. The van der Waals surface area contributed by atoms with E-state index in [1.165, 1.54) is 6.42 Å². The highest BCUT2D eigenvalue weighted by Crippen LogP contribution is 2.26. The van der Waals surface area contributed by atoms with Gasteiger partial charge in [0, 0.05) is 0 Å². The van der Waals surface area contributed by atoms with Crippen molar-refractivity contribution >= 4 is 0 Å². The minimum absolute atomic E-state index is 0.0462. The lowest BCUT2D eigenvalue weighted by molar-refractivity contribution is 0.323. The van der Waals surface area contributed by atoms with Crippen LogP contribution in [0.25, 0.3) is 0 Å². The van der Waals surface area contributed by atoms with Gasteiger partial charge in [-0.3, -0.25) is 0 Å². The second kappa shape index (κ2) is 2.03. The molecule has 48 valence electrons. The fourth-order valence-electron chi connectivity index (χ4n) is 0.826.